The molecule has 0 aliphatic carbocycles. The molecule has 1 N–H and O–H groups in total. The van der Waals surface area contributed by atoms with E-state index in [1.54, 1.807) is 12.4 Å². The van der Waals surface area contributed by atoms with Crippen molar-refractivity contribution in [1.29, 1.82) is 0 Å². The predicted molar refractivity (Wildman–Crippen MR) is 85.1 cm³/mol. The molecule has 5 nitrogen and oxygen atoms in total. The summed E-state index contributed by atoms with van der Waals surface area (Å²) in [6, 6.07) is 7.53. The third-order valence-electron chi connectivity index (χ3n) is 3.94. The first kappa shape index (κ1) is 14.8. The van der Waals surface area contributed by atoms with Crippen LogP contribution in [0.25, 0.3) is 11.1 Å². The molecule has 0 bridgehead atoms. The fraction of sp³-hybridized carbons (Fsp3) is 0.312. The maximum atomic E-state index is 11.0. The van der Waals surface area contributed by atoms with Crippen LogP contribution in [0.5, 0.6) is 0 Å². The summed E-state index contributed by atoms with van der Waals surface area (Å²) in [7, 11) is 0. The van der Waals surface area contributed by atoms with Gasteiger partial charge in [-0.15, -0.1) is 0 Å². The number of nitrogens with zero attached hydrogens (tertiary/aromatic N) is 3. The Balaban J connectivity index is 1.70. The maximum absolute atomic E-state index is 11.0. The molecule has 0 saturated carbocycles. The van der Waals surface area contributed by atoms with Crippen LogP contribution in [0.4, 0.5) is 5.95 Å². The number of anilines is 1. The third-order valence-corrected chi connectivity index (χ3v) is 4.19. The number of aromatic nitrogens is 2. The third kappa shape index (κ3) is 3.20. The van der Waals surface area contributed by atoms with Gasteiger partial charge in [-0.25, -0.2) is 9.97 Å². The van der Waals surface area contributed by atoms with Crippen molar-refractivity contribution < 1.29 is 9.90 Å². The number of hydrogen-bond donors (Lipinski definition) is 1. The molecule has 1 aromatic carbocycles. The number of carboxylic acids is 1. The first-order chi connectivity index (χ1) is 10.6. The molecule has 6 heteroatoms. The van der Waals surface area contributed by atoms with Gasteiger partial charge in [-0.05, 0) is 30.5 Å². The van der Waals surface area contributed by atoms with Crippen molar-refractivity contribution in [2.75, 3.05) is 18.0 Å². The van der Waals surface area contributed by atoms with Crippen LogP contribution in [0.3, 0.4) is 0 Å². The number of rotatable bonds is 3. The van der Waals surface area contributed by atoms with Crippen LogP contribution in [0.15, 0.2) is 36.7 Å². The van der Waals surface area contributed by atoms with E-state index in [4.69, 9.17) is 16.7 Å². The lowest BCUT2D eigenvalue weighted by Gasteiger charge is -2.30. The van der Waals surface area contributed by atoms with Gasteiger partial charge in [0.25, 0.3) is 0 Å². The smallest absolute Gasteiger partial charge is 0.306 e. The van der Waals surface area contributed by atoms with E-state index in [0.717, 1.165) is 11.1 Å². The van der Waals surface area contributed by atoms with Gasteiger partial charge in [0.1, 0.15) is 0 Å². The van der Waals surface area contributed by atoms with Crippen LogP contribution in [0.1, 0.15) is 12.8 Å². The Labute approximate surface area is 133 Å². The summed E-state index contributed by atoms with van der Waals surface area (Å²) >= 11 is 5.88. The van der Waals surface area contributed by atoms with Crippen LogP contribution >= 0.6 is 11.6 Å². The zero-order chi connectivity index (χ0) is 15.5. The average Bonchev–Trinajstić information content (AvgIpc) is 2.56. The van der Waals surface area contributed by atoms with Gasteiger partial charge in [-0.1, -0.05) is 23.7 Å². The van der Waals surface area contributed by atoms with Gasteiger partial charge in [-0.3, -0.25) is 4.79 Å². The first-order valence-corrected chi connectivity index (χ1v) is 7.57. The average molecular weight is 318 g/mol. The molecule has 0 radical (unpaired) electrons. The predicted octanol–water partition coefficient (Wildman–Crippen LogP) is 3.10. The van der Waals surface area contributed by atoms with Crippen molar-refractivity contribution in [3.8, 4) is 11.1 Å². The molecule has 0 atom stereocenters. The number of hydrogen-bond acceptors (Lipinski definition) is 4. The van der Waals surface area contributed by atoms with Gasteiger partial charge in [0.2, 0.25) is 5.95 Å². The molecule has 3 rings (SSSR count). The molecule has 2 heterocycles. The number of piperidine rings is 1. The van der Waals surface area contributed by atoms with E-state index < -0.39 is 5.97 Å². The zero-order valence-corrected chi connectivity index (χ0v) is 12.7. The topological polar surface area (TPSA) is 66.3 Å². The van der Waals surface area contributed by atoms with E-state index >= 15 is 0 Å². The van der Waals surface area contributed by atoms with E-state index in [1.165, 1.54) is 0 Å². The second kappa shape index (κ2) is 6.32. The summed E-state index contributed by atoms with van der Waals surface area (Å²) in [5.41, 5.74) is 1.95. The van der Waals surface area contributed by atoms with Gasteiger partial charge in [0, 0.05) is 36.1 Å². The highest BCUT2D eigenvalue weighted by atomic mass is 35.5. The summed E-state index contributed by atoms with van der Waals surface area (Å²) < 4.78 is 0. The van der Waals surface area contributed by atoms with Gasteiger partial charge in [0.05, 0.1) is 5.92 Å². The molecule has 2 aromatic rings. The highest BCUT2D eigenvalue weighted by molar-refractivity contribution is 6.30. The lowest BCUT2D eigenvalue weighted by atomic mass is 9.97. The Hall–Kier alpha value is -2.14. The molecule has 1 aliphatic rings. The molecule has 1 aliphatic heterocycles. The second-order valence-electron chi connectivity index (χ2n) is 5.38. The van der Waals surface area contributed by atoms with E-state index in [9.17, 15) is 4.79 Å². The van der Waals surface area contributed by atoms with Crippen LogP contribution < -0.4 is 4.90 Å². The van der Waals surface area contributed by atoms with Crippen LogP contribution in [0, 0.1) is 5.92 Å². The Kier molecular flexibility index (Phi) is 4.24. The minimum atomic E-state index is -0.710. The van der Waals surface area contributed by atoms with Gasteiger partial charge in [-0.2, -0.15) is 0 Å². The van der Waals surface area contributed by atoms with Crippen molar-refractivity contribution in [2.24, 2.45) is 5.92 Å². The first-order valence-electron chi connectivity index (χ1n) is 7.19. The molecule has 1 fully saturated rings. The van der Waals surface area contributed by atoms with Crippen LogP contribution in [-0.2, 0) is 4.79 Å². The molecule has 1 aromatic heterocycles. The number of carbonyl (C=O) groups is 1. The molecular weight excluding hydrogens is 302 g/mol. The van der Waals surface area contributed by atoms with Crippen molar-refractivity contribution in [2.45, 2.75) is 12.8 Å². The van der Waals surface area contributed by atoms with Crippen molar-refractivity contribution in [3.05, 3.63) is 41.7 Å². The summed E-state index contributed by atoms with van der Waals surface area (Å²) in [6.45, 7) is 1.36. The van der Waals surface area contributed by atoms with Gasteiger partial charge >= 0.3 is 5.97 Å². The van der Waals surface area contributed by atoms with Gasteiger partial charge < -0.3 is 10.0 Å². The normalized spacial score (nSPS) is 15.8. The van der Waals surface area contributed by atoms with Crippen LogP contribution in [-0.4, -0.2) is 34.1 Å². The molecule has 1 saturated heterocycles. The summed E-state index contributed by atoms with van der Waals surface area (Å²) in [5.74, 6) is -0.301. The summed E-state index contributed by atoms with van der Waals surface area (Å²) in [6.07, 6.45) is 4.85. The van der Waals surface area contributed by atoms with Crippen molar-refractivity contribution >= 4 is 23.5 Å². The minimum Gasteiger partial charge on any atom is -0.481 e. The number of aliphatic carboxylic acids is 1. The van der Waals surface area contributed by atoms with Crippen LogP contribution in [0.2, 0.25) is 5.02 Å². The van der Waals surface area contributed by atoms with E-state index in [0.29, 0.717) is 36.9 Å². The number of benzene rings is 1. The Morgan fingerprint density at radius 3 is 2.23 bits per heavy atom. The van der Waals surface area contributed by atoms with E-state index in [-0.39, 0.29) is 5.92 Å². The fourth-order valence-electron chi connectivity index (χ4n) is 2.60. The highest BCUT2D eigenvalue weighted by Gasteiger charge is 2.25. The largest absolute Gasteiger partial charge is 0.481 e. The zero-order valence-electron chi connectivity index (χ0n) is 11.9. The lowest BCUT2D eigenvalue weighted by molar-refractivity contribution is -0.142. The monoisotopic (exact) mass is 317 g/mol. The molecule has 0 unspecified atom stereocenters. The van der Waals surface area contributed by atoms with E-state index in [2.05, 4.69) is 9.97 Å². The molecule has 0 amide bonds. The quantitative estimate of drug-likeness (QED) is 0.942. The van der Waals surface area contributed by atoms with Crippen molar-refractivity contribution in [1.82, 2.24) is 9.97 Å². The van der Waals surface area contributed by atoms with Gasteiger partial charge in [0.15, 0.2) is 0 Å². The Morgan fingerprint density at radius 1 is 1.09 bits per heavy atom. The highest BCUT2D eigenvalue weighted by Crippen LogP contribution is 2.23. The summed E-state index contributed by atoms with van der Waals surface area (Å²) in [5, 5.41) is 9.71. The second-order valence-corrected chi connectivity index (χ2v) is 5.81. The summed E-state index contributed by atoms with van der Waals surface area (Å²) in [4.78, 5) is 21.8. The van der Waals surface area contributed by atoms with E-state index in [1.807, 2.05) is 29.2 Å². The Bertz CT molecular complexity index is 650. The molecule has 22 heavy (non-hydrogen) atoms. The molecule has 114 valence electrons. The van der Waals surface area contributed by atoms with Crippen molar-refractivity contribution in [3.63, 3.8) is 0 Å². The minimum absolute atomic E-state index is 0.246. The number of carboxylic acid groups (broad SMARTS) is 1. The molecular formula is C16H16ClN3O2. The lowest BCUT2D eigenvalue weighted by Crippen LogP contribution is -2.37. The Morgan fingerprint density at radius 2 is 1.68 bits per heavy atom. The fourth-order valence-corrected chi connectivity index (χ4v) is 2.73. The maximum Gasteiger partial charge on any atom is 0.306 e. The standard InChI is InChI=1S/C16H16ClN3O2/c17-14-3-1-11(2-4-14)13-9-18-16(19-10-13)20-7-5-12(6-8-20)15(21)22/h1-4,9-10,12H,5-8H2,(H,21,22). The molecule has 0 spiro atoms. The number of halogens is 1. The SMILES string of the molecule is O=C(O)C1CCN(c2ncc(-c3ccc(Cl)cc3)cn2)CC1.